The second-order valence-electron chi connectivity index (χ2n) is 4.70. The van der Waals surface area contributed by atoms with Crippen molar-refractivity contribution in [3.05, 3.63) is 71.5 Å². The second-order valence-corrected chi connectivity index (χ2v) is 5.55. The topological polar surface area (TPSA) is 17.8 Å². The largest absolute Gasteiger partial charge is 0.309 e. The van der Waals surface area contributed by atoms with Gasteiger partial charge in [-0.2, -0.15) is 0 Å². The molecule has 4 rings (SSSR count). The number of para-hydroxylation sites is 1. The van der Waals surface area contributed by atoms with Crippen molar-refractivity contribution in [3.63, 3.8) is 0 Å². The Morgan fingerprint density at radius 1 is 0.850 bits per heavy atom. The molecule has 0 saturated heterocycles. The zero-order valence-corrected chi connectivity index (χ0v) is 12.2. The Kier molecular flexibility index (Phi) is 2.60. The summed E-state index contributed by atoms with van der Waals surface area (Å²) < 4.78 is 3.37. The van der Waals surface area contributed by atoms with Gasteiger partial charge in [-0.25, -0.2) is 0 Å². The molecule has 0 radical (unpaired) electrons. The van der Waals surface area contributed by atoms with Gasteiger partial charge in [0, 0.05) is 33.3 Å². The number of aromatic nitrogens is 2. The van der Waals surface area contributed by atoms with Gasteiger partial charge in [0.2, 0.25) is 0 Å². The monoisotopic (exact) mass is 322 g/mol. The lowest BCUT2D eigenvalue weighted by molar-refractivity contribution is 1.17. The summed E-state index contributed by atoms with van der Waals surface area (Å²) in [5, 5.41) is 2.37. The quantitative estimate of drug-likeness (QED) is 0.485. The first-order valence-electron chi connectivity index (χ1n) is 6.44. The van der Waals surface area contributed by atoms with E-state index in [2.05, 4.69) is 74.0 Å². The van der Waals surface area contributed by atoms with Crippen molar-refractivity contribution in [1.82, 2.24) is 9.55 Å². The molecule has 0 saturated carbocycles. The highest BCUT2D eigenvalue weighted by molar-refractivity contribution is 9.10. The van der Waals surface area contributed by atoms with Crippen LogP contribution in [0.25, 0.3) is 27.5 Å². The molecule has 0 unspecified atom stereocenters. The van der Waals surface area contributed by atoms with Crippen molar-refractivity contribution in [2.75, 3.05) is 0 Å². The van der Waals surface area contributed by atoms with E-state index in [-0.39, 0.29) is 0 Å². The first kappa shape index (κ1) is 11.7. The molecule has 0 aliphatic carbocycles. The molecule has 4 aromatic rings. The van der Waals surface area contributed by atoms with Gasteiger partial charge in [0.05, 0.1) is 11.0 Å². The van der Waals surface area contributed by atoms with Gasteiger partial charge in [0.25, 0.3) is 0 Å². The van der Waals surface area contributed by atoms with E-state index >= 15 is 0 Å². The van der Waals surface area contributed by atoms with Crippen LogP contribution in [0.15, 0.2) is 71.5 Å². The molecule has 2 heterocycles. The summed E-state index contributed by atoms with van der Waals surface area (Å²) in [4.78, 5) is 4.28. The van der Waals surface area contributed by atoms with Gasteiger partial charge < -0.3 is 4.57 Å². The molecule has 0 aliphatic heterocycles. The predicted octanol–water partition coefficient (Wildman–Crippen LogP) is 4.94. The maximum Gasteiger partial charge on any atom is 0.0572 e. The summed E-state index contributed by atoms with van der Waals surface area (Å²) in [6.07, 6.45) is 3.77. The lowest BCUT2D eigenvalue weighted by Gasteiger charge is -2.07. The minimum Gasteiger partial charge on any atom is -0.309 e. The molecule has 0 N–H and O–H groups in total. The minimum absolute atomic E-state index is 1.10. The van der Waals surface area contributed by atoms with Gasteiger partial charge in [-0.15, -0.1) is 0 Å². The predicted molar refractivity (Wildman–Crippen MR) is 86.3 cm³/mol. The summed E-state index contributed by atoms with van der Waals surface area (Å²) in [6, 6.07) is 18.8. The van der Waals surface area contributed by atoms with Crippen LogP contribution in [0.4, 0.5) is 0 Å². The van der Waals surface area contributed by atoms with Gasteiger partial charge in [-0.3, -0.25) is 4.98 Å². The van der Waals surface area contributed by atoms with Crippen LogP contribution in [0.5, 0.6) is 0 Å². The van der Waals surface area contributed by atoms with E-state index in [0.29, 0.717) is 0 Å². The van der Waals surface area contributed by atoms with Gasteiger partial charge in [0.1, 0.15) is 0 Å². The molecule has 2 aromatic heterocycles. The Balaban J connectivity index is 2.26. The van der Waals surface area contributed by atoms with Gasteiger partial charge in [-0.05, 0) is 30.3 Å². The van der Waals surface area contributed by atoms with Gasteiger partial charge in [-0.1, -0.05) is 40.2 Å². The summed E-state index contributed by atoms with van der Waals surface area (Å²) in [6.45, 7) is 0. The van der Waals surface area contributed by atoms with E-state index in [1.807, 2.05) is 18.5 Å². The molecule has 2 aromatic carbocycles. The zero-order valence-electron chi connectivity index (χ0n) is 10.6. The number of hydrogen-bond acceptors (Lipinski definition) is 1. The molecular weight excluding hydrogens is 312 g/mol. The number of hydrogen-bond donors (Lipinski definition) is 0. The van der Waals surface area contributed by atoms with E-state index < -0.39 is 0 Å². The Bertz CT molecular complexity index is 910. The van der Waals surface area contributed by atoms with Gasteiger partial charge in [0.15, 0.2) is 0 Å². The Hall–Kier alpha value is -2.13. The molecule has 2 nitrogen and oxygen atoms in total. The lowest BCUT2D eigenvalue weighted by atomic mass is 10.2. The standard InChI is InChI=1S/C17H11BrN2/c18-14-7-4-8-16-17(14)13-11-19-10-9-15(13)20(16)12-5-2-1-3-6-12/h1-11H. The normalized spacial score (nSPS) is 11.2. The first-order valence-corrected chi connectivity index (χ1v) is 7.23. The minimum atomic E-state index is 1.10. The summed E-state index contributed by atoms with van der Waals surface area (Å²) in [5.74, 6) is 0. The summed E-state index contributed by atoms with van der Waals surface area (Å²) in [5.41, 5.74) is 3.53. The SMILES string of the molecule is Brc1cccc2c1c1cnccc1n2-c1ccccc1. The Morgan fingerprint density at radius 3 is 2.55 bits per heavy atom. The van der Waals surface area contributed by atoms with E-state index in [9.17, 15) is 0 Å². The fourth-order valence-electron chi connectivity index (χ4n) is 2.73. The molecular formula is C17H11BrN2. The smallest absolute Gasteiger partial charge is 0.0572 e. The van der Waals surface area contributed by atoms with Crippen molar-refractivity contribution >= 4 is 37.7 Å². The Morgan fingerprint density at radius 2 is 1.70 bits per heavy atom. The van der Waals surface area contributed by atoms with E-state index in [1.165, 1.54) is 21.8 Å². The second kappa shape index (κ2) is 4.46. The fourth-order valence-corrected chi connectivity index (χ4v) is 3.29. The molecule has 3 heteroatoms. The molecule has 0 bridgehead atoms. The third kappa shape index (κ3) is 1.60. The third-order valence-corrected chi connectivity index (χ3v) is 4.22. The molecule has 0 aliphatic rings. The number of halogens is 1. The van der Waals surface area contributed by atoms with Crippen LogP contribution < -0.4 is 0 Å². The first-order chi connectivity index (χ1) is 9.86. The lowest BCUT2D eigenvalue weighted by Crippen LogP contribution is -1.92. The molecule has 0 amide bonds. The van der Waals surface area contributed by atoms with Crippen LogP contribution in [-0.2, 0) is 0 Å². The maximum absolute atomic E-state index is 4.28. The number of nitrogens with zero attached hydrogens (tertiary/aromatic N) is 2. The molecule has 0 atom stereocenters. The number of pyridine rings is 1. The van der Waals surface area contributed by atoms with E-state index in [1.54, 1.807) is 0 Å². The molecule has 0 fully saturated rings. The summed E-state index contributed by atoms with van der Waals surface area (Å²) in [7, 11) is 0. The third-order valence-electron chi connectivity index (χ3n) is 3.56. The van der Waals surface area contributed by atoms with E-state index in [0.717, 1.165) is 10.2 Å². The van der Waals surface area contributed by atoms with Crippen LogP contribution in [0.3, 0.4) is 0 Å². The highest BCUT2D eigenvalue weighted by Gasteiger charge is 2.13. The molecule has 0 spiro atoms. The highest BCUT2D eigenvalue weighted by Crippen LogP contribution is 2.35. The number of benzene rings is 2. The Labute approximate surface area is 124 Å². The molecule has 20 heavy (non-hydrogen) atoms. The van der Waals surface area contributed by atoms with Crippen LogP contribution in [0.1, 0.15) is 0 Å². The number of fused-ring (bicyclic) bond motifs is 3. The van der Waals surface area contributed by atoms with Crippen LogP contribution in [0.2, 0.25) is 0 Å². The average Bonchev–Trinajstić information content (AvgIpc) is 2.84. The zero-order chi connectivity index (χ0) is 13.5. The van der Waals surface area contributed by atoms with Crippen molar-refractivity contribution in [2.24, 2.45) is 0 Å². The maximum atomic E-state index is 4.28. The van der Waals surface area contributed by atoms with E-state index in [4.69, 9.17) is 0 Å². The van der Waals surface area contributed by atoms with Crippen molar-refractivity contribution in [2.45, 2.75) is 0 Å². The van der Waals surface area contributed by atoms with Gasteiger partial charge >= 0.3 is 0 Å². The fraction of sp³-hybridized carbons (Fsp3) is 0. The number of rotatable bonds is 1. The van der Waals surface area contributed by atoms with Crippen LogP contribution in [0, 0.1) is 0 Å². The molecule has 96 valence electrons. The van der Waals surface area contributed by atoms with Crippen molar-refractivity contribution in [3.8, 4) is 5.69 Å². The van der Waals surface area contributed by atoms with Crippen molar-refractivity contribution < 1.29 is 0 Å². The summed E-state index contributed by atoms with van der Waals surface area (Å²) >= 11 is 3.66. The van der Waals surface area contributed by atoms with Crippen LogP contribution in [-0.4, -0.2) is 9.55 Å². The van der Waals surface area contributed by atoms with Crippen molar-refractivity contribution in [1.29, 1.82) is 0 Å². The highest BCUT2D eigenvalue weighted by atomic mass is 79.9. The van der Waals surface area contributed by atoms with Crippen LogP contribution >= 0.6 is 15.9 Å². The average molecular weight is 323 g/mol.